The number of rotatable bonds is 7. The topological polar surface area (TPSA) is 145 Å². The molecule has 0 radical (unpaired) electrons. The average molecular weight is 537 g/mol. The average Bonchev–Trinajstić information content (AvgIpc) is 3.65. The highest BCUT2D eigenvalue weighted by Gasteiger charge is 2.25. The first-order valence-electron chi connectivity index (χ1n) is 12.7. The molecule has 7 rings (SSSR count). The van der Waals surface area contributed by atoms with E-state index in [4.69, 9.17) is 4.98 Å². The molecule has 1 atom stereocenters. The van der Waals surface area contributed by atoms with Crippen LogP contribution in [0.15, 0.2) is 55.1 Å². The first-order chi connectivity index (χ1) is 19.0. The zero-order chi connectivity index (χ0) is 26.5. The van der Waals surface area contributed by atoms with E-state index in [0.29, 0.717) is 33.2 Å². The number of aliphatic hydroxyl groups is 1. The molecule has 194 valence electrons. The second-order valence-electron chi connectivity index (χ2n) is 9.80. The van der Waals surface area contributed by atoms with Gasteiger partial charge < -0.3 is 15.4 Å². The number of carbonyl (C=O) groups is 1. The maximum absolute atomic E-state index is 11.8. The Morgan fingerprint density at radius 3 is 2.77 bits per heavy atom. The molecule has 6 aromatic heterocycles. The van der Waals surface area contributed by atoms with Crippen molar-refractivity contribution < 1.29 is 9.90 Å². The van der Waals surface area contributed by atoms with Crippen molar-refractivity contribution in [2.24, 2.45) is 5.92 Å². The Bertz CT molecular complexity index is 1850. The number of H-pyrrole nitrogens is 2. The SMILES string of the molecule is CC(=O)c1ccc(-c2ccnc3[nH]c(-c4n[nH]c5ncc(-c6cncc(NC(O)C7CCC7)c6)cc45)nc23)s1. The molecule has 1 aliphatic carbocycles. The quantitative estimate of drug-likeness (QED) is 0.156. The highest BCUT2D eigenvalue weighted by atomic mass is 32.1. The smallest absolute Gasteiger partial charge is 0.169 e. The molecule has 1 saturated carbocycles. The predicted molar refractivity (Wildman–Crippen MR) is 150 cm³/mol. The Balaban J connectivity index is 1.25. The number of fused-ring (bicyclic) bond motifs is 2. The third-order valence-electron chi connectivity index (χ3n) is 7.23. The number of nitrogens with one attached hydrogen (secondary N) is 3. The molecule has 0 amide bonds. The van der Waals surface area contributed by atoms with E-state index < -0.39 is 6.23 Å². The lowest BCUT2D eigenvalue weighted by Crippen LogP contribution is -2.33. The van der Waals surface area contributed by atoms with Gasteiger partial charge in [0.25, 0.3) is 0 Å². The molecule has 0 aliphatic heterocycles. The number of anilines is 1. The van der Waals surface area contributed by atoms with Crippen LogP contribution < -0.4 is 5.32 Å². The number of hydrogen-bond donors (Lipinski definition) is 4. The number of aromatic nitrogens is 7. The minimum Gasteiger partial charge on any atom is -0.374 e. The molecular formula is C28H24N8O2S. The van der Waals surface area contributed by atoms with Crippen LogP contribution >= 0.6 is 11.3 Å². The van der Waals surface area contributed by atoms with Crippen LogP contribution in [-0.2, 0) is 0 Å². The van der Waals surface area contributed by atoms with E-state index in [-0.39, 0.29) is 11.7 Å². The summed E-state index contributed by atoms with van der Waals surface area (Å²) in [6.07, 6.45) is 9.65. The summed E-state index contributed by atoms with van der Waals surface area (Å²) in [6, 6.07) is 9.65. The number of Topliss-reactive ketones (excluding diaryl/α,β-unsaturated/α-hetero) is 1. The van der Waals surface area contributed by atoms with Crippen molar-refractivity contribution in [2.45, 2.75) is 32.4 Å². The van der Waals surface area contributed by atoms with Crippen molar-refractivity contribution in [1.29, 1.82) is 0 Å². The molecule has 1 fully saturated rings. The summed E-state index contributed by atoms with van der Waals surface area (Å²) < 4.78 is 0. The first-order valence-corrected chi connectivity index (χ1v) is 13.6. The maximum atomic E-state index is 11.8. The van der Waals surface area contributed by atoms with Crippen LogP contribution in [0.1, 0.15) is 35.9 Å². The monoisotopic (exact) mass is 536 g/mol. The number of ketones is 1. The van der Waals surface area contributed by atoms with E-state index in [0.717, 1.165) is 51.9 Å². The molecule has 1 unspecified atom stereocenters. The zero-order valence-electron chi connectivity index (χ0n) is 21.0. The number of hydrogen-bond acceptors (Lipinski definition) is 9. The molecule has 6 aromatic rings. The number of thiophene rings is 1. The summed E-state index contributed by atoms with van der Waals surface area (Å²) in [6.45, 7) is 1.57. The Morgan fingerprint density at radius 2 is 1.97 bits per heavy atom. The summed E-state index contributed by atoms with van der Waals surface area (Å²) >= 11 is 1.44. The van der Waals surface area contributed by atoms with Gasteiger partial charge in [-0.3, -0.25) is 14.9 Å². The van der Waals surface area contributed by atoms with Crippen LogP contribution in [0.2, 0.25) is 0 Å². The number of aromatic amines is 2. The van der Waals surface area contributed by atoms with Crippen molar-refractivity contribution in [1.82, 2.24) is 35.1 Å². The van der Waals surface area contributed by atoms with Crippen molar-refractivity contribution in [3.05, 3.63) is 60.0 Å². The van der Waals surface area contributed by atoms with Crippen molar-refractivity contribution in [3.63, 3.8) is 0 Å². The molecule has 0 spiro atoms. The Hall–Kier alpha value is -4.48. The minimum atomic E-state index is -0.577. The van der Waals surface area contributed by atoms with Crippen molar-refractivity contribution in [2.75, 3.05) is 5.32 Å². The van der Waals surface area contributed by atoms with Gasteiger partial charge in [-0.15, -0.1) is 11.3 Å². The fourth-order valence-corrected chi connectivity index (χ4v) is 5.78. The molecule has 0 bridgehead atoms. The summed E-state index contributed by atoms with van der Waals surface area (Å²) in [5.41, 5.74) is 6.00. The standard InChI is InChI=1S/C28H24N8O2S/c1-14(37)21-5-6-22(39-21)19-7-8-30-26-23(19)33-27(34-26)24-20-10-17(12-31-25(20)36-35-24)16-9-18(13-29-11-16)32-28(38)15-3-2-4-15/h5-13,15,28,32,38H,2-4H2,1H3,(H,30,33,34)(H,31,35,36). The maximum Gasteiger partial charge on any atom is 0.169 e. The molecule has 1 aliphatic rings. The van der Waals surface area contributed by atoms with E-state index in [1.54, 1.807) is 31.7 Å². The lowest BCUT2D eigenvalue weighted by Gasteiger charge is -2.31. The van der Waals surface area contributed by atoms with Gasteiger partial charge in [-0.05, 0) is 50.1 Å². The summed E-state index contributed by atoms with van der Waals surface area (Å²) in [7, 11) is 0. The van der Waals surface area contributed by atoms with Gasteiger partial charge in [0.2, 0.25) is 0 Å². The van der Waals surface area contributed by atoms with E-state index >= 15 is 0 Å². The highest BCUT2D eigenvalue weighted by Crippen LogP contribution is 2.35. The van der Waals surface area contributed by atoms with Crippen LogP contribution in [0.4, 0.5) is 5.69 Å². The Kier molecular flexibility index (Phi) is 5.67. The molecule has 0 saturated heterocycles. The van der Waals surface area contributed by atoms with Gasteiger partial charge in [0.05, 0.1) is 22.1 Å². The van der Waals surface area contributed by atoms with Crippen LogP contribution in [0.25, 0.3) is 55.3 Å². The zero-order valence-corrected chi connectivity index (χ0v) is 21.8. The molecular weight excluding hydrogens is 512 g/mol. The third-order valence-corrected chi connectivity index (χ3v) is 8.45. The predicted octanol–water partition coefficient (Wildman–Crippen LogP) is 5.42. The number of carbonyl (C=O) groups excluding carboxylic acids is 1. The van der Waals surface area contributed by atoms with Gasteiger partial charge in [0, 0.05) is 46.1 Å². The summed E-state index contributed by atoms with van der Waals surface area (Å²) in [5.74, 6) is 0.891. The third kappa shape index (κ3) is 4.25. The number of aliphatic hydroxyl groups excluding tert-OH is 1. The van der Waals surface area contributed by atoms with Gasteiger partial charge in [0.1, 0.15) is 17.4 Å². The van der Waals surface area contributed by atoms with Crippen LogP contribution in [0, 0.1) is 5.92 Å². The molecule has 6 heterocycles. The number of nitrogens with zero attached hydrogens (tertiary/aromatic N) is 5. The molecule has 11 heteroatoms. The van der Waals surface area contributed by atoms with E-state index in [2.05, 4.69) is 35.5 Å². The Labute approximate surface area is 226 Å². The van der Waals surface area contributed by atoms with Gasteiger partial charge in [-0.1, -0.05) is 6.42 Å². The first kappa shape index (κ1) is 23.6. The molecule has 4 N–H and O–H groups in total. The molecule has 0 aromatic carbocycles. The fourth-order valence-electron chi connectivity index (χ4n) is 4.86. The number of pyridine rings is 3. The van der Waals surface area contributed by atoms with Crippen molar-refractivity contribution >= 4 is 45.0 Å². The van der Waals surface area contributed by atoms with Gasteiger partial charge >= 0.3 is 0 Å². The highest BCUT2D eigenvalue weighted by molar-refractivity contribution is 7.17. The lowest BCUT2D eigenvalue weighted by atomic mass is 9.84. The van der Waals surface area contributed by atoms with Gasteiger partial charge in [0.15, 0.2) is 22.9 Å². The summed E-state index contributed by atoms with van der Waals surface area (Å²) in [4.78, 5) is 35.0. The number of imidazole rings is 1. The second kappa shape index (κ2) is 9.37. The second-order valence-corrected chi connectivity index (χ2v) is 10.9. The van der Waals surface area contributed by atoms with Gasteiger partial charge in [-0.25, -0.2) is 15.0 Å². The van der Waals surface area contributed by atoms with Crippen LogP contribution in [-0.4, -0.2) is 52.2 Å². The normalized spacial score (nSPS) is 14.5. The van der Waals surface area contributed by atoms with E-state index in [9.17, 15) is 9.90 Å². The van der Waals surface area contributed by atoms with Crippen LogP contribution in [0.5, 0.6) is 0 Å². The summed E-state index contributed by atoms with van der Waals surface area (Å²) in [5, 5.41) is 21.9. The molecule has 10 nitrogen and oxygen atoms in total. The minimum absolute atomic E-state index is 0.0385. The van der Waals surface area contributed by atoms with Crippen LogP contribution in [0.3, 0.4) is 0 Å². The fraction of sp³-hybridized carbons (Fsp3) is 0.214. The van der Waals surface area contributed by atoms with Crippen molar-refractivity contribution in [3.8, 4) is 33.1 Å². The largest absolute Gasteiger partial charge is 0.374 e. The lowest BCUT2D eigenvalue weighted by molar-refractivity contribution is 0.0851. The molecule has 39 heavy (non-hydrogen) atoms. The van der Waals surface area contributed by atoms with Gasteiger partial charge in [-0.2, -0.15) is 5.10 Å². The Morgan fingerprint density at radius 1 is 1.10 bits per heavy atom. The van der Waals surface area contributed by atoms with E-state index in [1.165, 1.54) is 11.3 Å². The van der Waals surface area contributed by atoms with E-state index in [1.807, 2.05) is 30.3 Å².